The summed E-state index contributed by atoms with van der Waals surface area (Å²) in [6, 6.07) is 7.35. The first-order chi connectivity index (χ1) is 8.39. The number of hydrogen-bond donors (Lipinski definition) is 1. The van der Waals surface area contributed by atoms with E-state index in [1.807, 2.05) is 51.6 Å². The van der Waals surface area contributed by atoms with E-state index in [4.69, 9.17) is 0 Å². The minimum absolute atomic E-state index is 0.349. The number of hydrogen-bond acceptors (Lipinski definition) is 2. The molecule has 1 atom stereocenters. The second kappa shape index (κ2) is 4.46. The fraction of sp³-hybridized carbons (Fsp3) is 0.357. The number of carbonyl (C=O) groups excluding carboxylic acids is 1. The second-order valence-electron chi connectivity index (χ2n) is 5.51. The van der Waals surface area contributed by atoms with Crippen LogP contribution in [-0.2, 0) is 11.2 Å². The average molecular weight is 246 g/mol. The van der Waals surface area contributed by atoms with Crippen LogP contribution in [0.25, 0.3) is 10.9 Å². The number of quaternary nitrogens is 1. The van der Waals surface area contributed by atoms with Crippen LogP contribution in [0.1, 0.15) is 5.56 Å². The van der Waals surface area contributed by atoms with Crippen LogP contribution in [0.3, 0.4) is 0 Å². The summed E-state index contributed by atoms with van der Waals surface area (Å²) in [5, 5.41) is 12.4. The number of nitrogens with zero attached hydrogens (tertiary/aromatic N) is 1. The SMILES string of the molecule is C[N+](C)(C)[C@H](Cc1c[nH]c2ccccc12)C(=O)[O-]. The van der Waals surface area contributed by atoms with Crippen molar-refractivity contribution >= 4 is 16.9 Å². The number of aromatic amines is 1. The molecule has 1 heterocycles. The molecule has 2 rings (SSSR count). The number of rotatable bonds is 4. The molecule has 4 nitrogen and oxygen atoms in total. The zero-order valence-corrected chi connectivity index (χ0v) is 10.9. The van der Waals surface area contributed by atoms with Crippen molar-refractivity contribution in [1.29, 1.82) is 0 Å². The molecule has 0 aliphatic rings. The molecule has 0 bridgehead atoms. The highest BCUT2D eigenvalue weighted by Gasteiger charge is 2.26. The fourth-order valence-electron chi connectivity index (χ4n) is 2.18. The number of aromatic nitrogens is 1. The molecule has 1 N–H and O–H groups in total. The van der Waals surface area contributed by atoms with Crippen molar-refractivity contribution in [1.82, 2.24) is 4.98 Å². The Morgan fingerprint density at radius 3 is 2.61 bits per heavy atom. The monoisotopic (exact) mass is 246 g/mol. The van der Waals surface area contributed by atoms with Gasteiger partial charge >= 0.3 is 0 Å². The largest absolute Gasteiger partial charge is 0.544 e. The maximum absolute atomic E-state index is 11.3. The van der Waals surface area contributed by atoms with Crippen molar-refractivity contribution < 1.29 is 14.4 Å². The van der Waals surface area contributed by atoms with E-state index >= 15 is 0 Å². The van der Waals surface area contributed by atoms with E-state index in [9.17, 15) is 9.90 Å². The van der Waals surface area contributed by atoms with Gasteiger partial charge in [-0.2, -0.15) is 0 Å². The molecule has 0 unspecified atom stereocenters. The van der Waals surface area contributed by atoms with Crippen molar-refractivity contribution in [3.05, 3.63) is 36.0 Å². The summed E-state index contributed by atoms with van der Waals surface area (Å²) < 4.78 is 0.349. The number of likely N-dealkylation sites (N-methyl/N-ethyl adjacent to an activating group) is 1. The summed E-state index contributed by atoms with van der Waals surface area (Å²) in [7, 11) is 5.61. The number of carboxylic acids is 1. The Balaban J connectivity index is 2.35. The third-order valence-corrected chi connectivity index (χ3v) is 3.30. The maximum atomic E-state index is 11.3. The third-order valence-electron chi connectivity index (χ3n) is 3.30. The van der Waals surface area contributed by atoms with Gasteiger partial charge in [0.1, 0.15) is 6.04 Å². The Hall–Kier alpha value is -1.81. The number of fused-ring (bicyclic) bond motifs is 1. The third kappa shape index (κ3) is 2.38. The highest BCUT2D eigenvalue weighted by Crippen LogP contribution is 2.21. The smallest absolute Gasteiger partial charge is 0.133 e. The molecule has 1 aromatic heterocycles. The lowest BCUT2D eigenvalue weighted by atomic mass is 10.0. The molecule has 0 radical (unpaired) electrons. The van der Waals surface area contributed by atoms with Gasteiger partial charge in [-0.25, -0.2) is 0 Å². The summed E-state index contributed by atoms with van der Waals surface area (Å²) in [4.78, 5) is 14.4. The molecule has 0 aliphatic heterocycles. The summed E-state index contributed by atoms with van der Waals surface area (Å²) >= 11 is 0. The summed E-state index contributed by atoms with van der Waals surface area (Å²) in [5.41, 5.74) is 2.05. The van der Waals surface area contributed by atoms with Crippen LogP contribution < -0.4 is 5.11 Å². The first kappa shape index (κ1) is 12.6. The number of carboxylic acid groups (broad SMARTS) is 1. The van der Waals surface area contributed by atoms with Gasteiger partial charge in [0.05, 0.1) is 27.1 Å². The van der Waals surface area contributed by atoms with Crippen molar-refractivity contribution in [3.63, 3.8) is 0 Å². The van der Waals surface area contributed by atoms with E-state index in [1.54, 1.807) is 0 Å². The molecular weight excluding hydrogens is 228 g/mol. The first-order valence-corrected chi connectivity index (χ1v) is 5.96. The number of benzene rings is 1. The molecule has 18 heavy (non-hydrogen) atoms. The van der Waals surface area contributed by atoms with E-state index in [0.717, 1.165) is 16.5 Å². The Kier molecular flexibility index (Phi) is 3.13. The number of nitrogens with one attached hydrogen (secondary N) is 1. The molecule has 0 aliphatic carbocycles. The van der Waals surface area contributed by atoms with Crippen LogP contribution in [0.4, 0.5) is 0 Å². The Morgan fingerprint density at radius 2 is 2.00 bits per heavy atom. The lowest BCUT2D eigenvalue weighted by molar-refractivity contribution is -0.889. The van der Waals surface area contributed by atoms with Crippen molar-refractivity contribution in [2.75, 3.05) is 21.1 Å². The van der Waals surface area contributed by atoms with Crippen molar-refractivity contribution in [2.45, 2.75) is 12.5 Å². The topological polar surface area (TPSA) is 55.9 Å². The van der Waals surface area contributed by atoms with Gasteiger partial charge < -0.3 is 19.4 Å². The molecule has 1 aromatic carbocycles. The number of carbonyl (C=O) groups is 1. The first-order valence-electron chi connectivity index (χ1n) is 5.96. The average Bonchev–Trinajstić information content (AvgIpc) is 2.67. The van der Waals surface area contributed by atoms with Crippen LogP contribution >= 0.6 is 0 Å². The standard InChI is InChI=1S/C14H18N2O2/c1-16(2,3)13(14(17)18)8-10-9-15-12-7-5-4-6-11(10)12/h4-7,9,13,15H,8H2,1-3H3/t13-/m1/s1. The van der Waals surface area contributed by atoms with Gasteiger partial charge in [-0.05, 0) is 11.6 Å². The number of aliphatic carboxylic acids is 1. The Bertz CT molecular complexity index is 566. The molecular formula is C14H18N2O2. The molecule has 0 spiro atoms. The zero-order valence-electron chi connectivity index (χ0n) is 10.9. The van der Waals surface area contributed by atoms with Crippen LogP contribution in [0.15, 0.2) is 30.5 Å². The van der Waals surface area contributed by atoms with Crippen molar-refractivity contribution in [3.8, 4) is 0 Å². The van der Waals surface area contributed by atoms with Gasteiger partial charge in [-0.3, -0.25) is 0 Å². The second-order valence-corrected chi connectivity index (χ2v) is 5.51. The Labute approximate surface area is 106 Å². The van der Waals surface area contributed by atoms with E-state index in [1.165, 1.54) is 0 Å². The van der Waals surface area contributed by atoms with Crippen LogP contribution in [0.5, 0.6) is 0 Å². The molecule has 96 valence electrons. The van der Waals surface area contributed by atoms with Gasteiger partial charge in [-0.15, -0.1) is 0 Å². The number of H-pyrrole nitrogens is 1. The summed E-state index contributed by atoms with van der Waals surface area (Å²) in [6.07, 6.45) is 2.35. The lowest BCUT2D eigenvalue weighted by Crippen LogP contribution is -2.55. The van der Waals surface area contributed by atoms with Gasteiger partial charge in [-0.1, -0.05) is 18.2 Å². The van der Waals surface area contributed by atoms with E-state index in [0.29, 0.717) is 10.9 Å². The molecule has 4 heteroatoms. The molecule has 0 fully saturated rings. The lowest BCUT2D eigenvalue weighted by Gasteiger charge is -2.34. The fourth-order valence-corrected chi connectivity index (χ4v) is 2.18. The van der Waals surface area contributed by atoms with E-state index in [2.05, 4.69) is 4.98 Å². The highest BCUT2D eigenvalue weighted by atomic mass is 16.4. The van der Waals surface area contributed by atoms with E-state index < -0.39 is 12.0 Å². The minimum atomic E-state index is -1.01. The predicted octanol–water partition coefficient (Wildman–Crippen LogP) is 0.535. The summed E-state index contributed by atoms with van der Waals surface area (Å²) in [5.74, 6) is -1.01. The van der Waals surface area contributed by atoms with Crippen molar-refractivity contribution in [2.24, 2.45) is 0 Å². The van der Waals surface area contributed by atoms with Gasteiger partial charge in [0.25, 0.3) is 0 Å². The highest BCUT2D eigenvalue weighted by molar-refractivity contribution is 5.84. The Morgan fingerprint density at radius 1 is 1.33 bits per heavy atom. The molecule has 2 aromatic rings. The van der Waals surface area contributed by atoms with Crippen LogP contribution in [-0.4, -0.2) is 42.6 Å². The van der Waals surface area contributed by atoms with Gasteiger partial charge in [0.15, 0.2) is 0 Å². The maximum Gasteiger partial charge on any atom is 0.133 e. The number of para-hydroxylation sites is 1. The minimum Gasteiger partial charge on any atom is -0.544 e. The molecule has 0 saturated heterocycles. The molecule has 0 amide bonds. The normalized spacial score (nSPS) is 13.7. The predicted molar refractivity (Wildman–Crippen MR) is 68.8 cm³/mol. The summed E-state index contributed by atoms with van der Waals surface area (Å²) in [6.45, 7) is 0. The zero-order chi connectivity index (χ0) is 13.3. The molecule has 0 saturated carbocycles. The van der Waals surface area contributed by atoms with E-state index in [-0.39, 0.29) is 0 Å². The van der Waals surface area contributed by atoms with Gasteiger partial charge in [0.2, 0.25) is 0 Å². The quantitative estimate of drug-likeness (QED) is 0.800. The van der Waals surface area contributed by atoms with Crippen LogP contribution in [0, 0.1) is 0 Å². The van der Waals surface area contributed by atoms with Crippen LogP contribution in [0.2, 0.25) is 0 Å². The van der Waals surface area contributed by atoms with Gasteiger partial charge in [0, 0.05) is 23.5 Å².